The summed E-state index contributed by atoms with van der Waals surface area (Å²) in [6.45, 7) is 3.42. The van der Waals surface area contributed by atoms with E-state index >= 15 is 0 Å². The van der Waals surface area contributed by atoms with E-state index in [4.69, 9.17) is 4.74 Å². The monoisotopic (exact) mass is 253 g/mol. The summed E-state index contributed by atoms with van der Waals surface area (Å²) in [6, 6.07) is 10.1. The van der Waals surface area contributed by atoms with Gasteiger partial charge in [-0.2, -0.15) is 5.10 Å². The van der Waals surface area contributed by atoms with E-state index in [9.17, 15) is 0 Å². The Hall–Kier alpha value is -2.36. The summed E-state index contributed by atoms with van der Waals surface area (Å²) in [6.07, 6.45) is 5.47. The molecular weight excluding hydrogens is 238 g/mol. The summed E-state index contributed by atoms with van der Waals surface area (Å²) < 4.78 is 7.62. The smallest absolute Gasteiger partial charge is 0.157 e. The van der Waals surface area contributed by atoms with E-state index < -0.39 is 0 Å². The summed E-state index contributed by atoms with van der Waals surface area (Å²) in [7, 11) is 0. The highest BCUT2D eigenvalue weighted by Gasteiger charge is 2.03. The zero-order valence-corrected chi connectivity index (χ0v) is 10.8. The van der Waals surface area contributed by atoms with Crippen LogP contribution in [0.15, 0.2) is 48.9 Å². The Morgan fingerprint density at radius 1 is 1.21 bits per heavy atom. The minimum atomic E-state index is 0.526. The number of pyridine rings is 1. The molecule has 4 nitrogen and oxygen atoms in total. The van der Waals surface area contributed by atoms with Crippen LogP contribution in [0.2, 0.25) is 0 Å². The van der Waals surface area contributed by atoms with Crippen LogP contribution in [0.4, 0.5) is 0 Å². The van der Waals surface area contributed by atoms with Crippen LogP contribution in [0.5, 0.6) is 5.75 Å². The van der Waals surface area contributed by atoms with Crippen LogP contribution in [0.25, 0.3) is 10.9 Å². The molecule has 0 atom stereocenters. The molecule has 96 valence electrons. The minimum absolute atomic E-state index is 0.526. The predicted molar refractivity (Wildman–Crippen MR) is 74.0 cm³/mol. The standard InChI is InChI=1S/C15H15N3O/c1-2-18-10-13(9-17-18)19-11-12-7-8-16-15-6-4-3-5-14(12)15/h3-10H,2,11H2,1H3. The Morgan fingerprint density at radius 3 is 2.95 bits per heavy atom. The second-order valence-electron chi connectivity index (χ2n) is 4.31. The van der Waals surface area contributed by atoms with Gasteiger partial charge in [-0.25, -0.2) is 0 Å². The lowest BCUT2D eigenvalue weighted by molar-refractivity contribution is 0.307. The summed E-state index contributed by atoms with van der Waals surface area (Å²) in [4.78, 5) is 4.34. The van der Waals surface area contributed by atoms with E-state index in [1.54, 1.807) is 6.20 Å². The molecule has 0 N–H and O–H groups in total. The van der Waals surface area contributed by atoms with Gasteiger partial charge in [0.15, 0.2) is 5.75 Å². The van der Waals surface area contributed by atoms with Crippen molar-refractivity contribution >= 4 is 10.9 Å². The number of rotatable bonds is 4. The average Bonchev–Trinajstić information content (AvgIpc) is 2.93. The van der Waals surface area contributed by atoms with Gasteiger partial charge in [0.2, 0.25) is 0 Å². The van der Waals surface area contributed by atoms with Crippen molar-refractivity contribution < 1.29 is 4.74 Å². The number of aromatic nitrogens is 3. The third kappa shape index (κ3) is 2.42. The van der Waals surface area contributed by atoms with E-state index in [1.807, 2.05) is 48.3 Å². The summed E-state index contributed by atoms with van der Waals surface area (Å²) in [5.41, 5.74) is 2.13. The number of hydrogen-bond donors (Lipinski definition) is 0. The quantitative estimate of drug-likeness (QED) is 0.717. The van der Waals surface area contributed by atoms with Gasteiger partial charge in [-0.15, -0.1) is 0 Å². The van der Waals surface area contributed by atoms with Crippen LogP contribution >= 0.6 is 0 Å². The molecule has 0 aliphatic heterocycles. The summed E-state index contributed by atoms with van der Waals surface area (Å²) >= 11 is 0. The lowest BCUT2D eigenvalue weighted by Gasteiger charge is -2.06. The molecule has 3 aromatic rings. The van der Waals surface area contributed by atoms with Crippen molar-refractivity contribution in [3.05, 3.63) is 54.5 Å². The van der Waals surface area contributed by atoms with E-state index in [-0.39, 0.29) is 0 Å². The van der Waals surface area contributed by atoms with Crippen LogP contribution in [0.3, 0.4) is 0 Å². The first-order valence-electron chi connectivity index (χ1n) is 6.34. The molecule has 0 fully saturated rings. The molecule has 2 heterocycles. The second kappa shape index (κ2) is 5.10. The molecule has 0 spiro atoms. The highest BCUT2D eigenvalue weighted by Crippen LogP contribution is 2.18. The van der Waals surface area contributed by atoms with Crippen molar-refractivity contribution in [1.82, 2.24) is 14.8 Å². The Kier molecular flexibility index (Phi) is 3.14. The number of benzene rings is 1. The van der Waals surface area contributed by atoms with E-state index in [2.05, 4.69) is 16.1 Å². The van der Waals surface area contributed by atoms with Crippen molar-refractivity contribution in [3.8, 4) is 5.75 Å². The van der Waals surface area contributed by atoms with Gasteiger partial charge in [-0.3, -0.25) is 9.67 Å². The van der Waals surface area contributed by atoms with Crippen LogP contribution in [0, 0.1) is 0 Å². The molecule has 19 heavy (non-hydrogen) atoms. The Labute approximate surface area is 111 Å². The maximum Gasteiger partial charge on any atom is 0.157 e. The molecule has 0 saturated heterocycles. The lowest BCUT2D eigenvalue weighted by Crippen LogP contribution is -1.97. The van der Waals surface area contributed by atoms with E-state index in [0.717, 1.165) is 28.8 Å². The molecule has 4 heteroatoms. The number of ether oxygens (including phenoxy) is 1. The molecule has 1 aromatic carbocycles. The van der Waals surface area contributed by atoms with Gasteiger partial charge in [0.1, 0.15) is 6.61 Å². The van der Waals surface area contributed by atoms with E-state index in [0.29, 0.717) is 6.61 Å². The van der Waals surface area contributed by atoms with Crippen molar-refractivity contribution in [3.63, 3.8) is 0 Å². The molecular formula is C15H15N3O. The van der Waals surface area contributed by atoms with Gasteiger partial charge >= 0.3 is 0 Å². The summed E-state index contributed by atoms with van der Waals surface area (Å²) in [5, 5.41) is 5.32. The van der Waals surface area contributed by atoms with Crippen molar-refractivity contribution in [2.75, 3.05) is 0 Å². The van der Waals surface area contributed by atoms with Gasteiger partial charge < -0.3 is 4.74 Å². The maximum absolute atomic E-state index is 5.77. The Balaban J connectivity index is 1.81. The average molecular weight is 253 g/mol. The fourth-order valence-electron chi connectivity index (χ4n) is 2.03. The highest BCUT2D eigenvalue weighted by atomic mass is 16.5. The topological polar surface area (TPSA) is 39.9 Å². The molecule has 0 radical (unpaired) electrons. The lowest BCUT2D eigenvalue weighted by atomic mass is 10.1. The number of fused-ring (bicyclic) bond motifs is 1. The van der Waals surface area contributed by atoms with Gasteiger partial charge in [0.25, 0.3) is 0 Å². The van der Waals surface area contributed by atoms with Gasteiger partial charge in [0.05, 0.1) is 17.9 Å². The van der Waals surface area contributed by atoms with Gasteiger partial charge in [0, 0.05) is 23.7 Å². The largest absolute Gasteiger partial charge is 0.486 e. The first kappa shape index (κ1) is 11.7. The number of para-hydroxylation sites is 1. The molecule has 0 bridgehead atoms. The molecule has 2 aromatic heterocycles. The molecule has 3 rings (SSSR count). The molecule has 0 aliphatic carbocycles. The molecule has 0 amide bonds. The number of nitrogens with zero attached hydrogens (tertiary/aromatic N) is 3. The zero-order valence-electron chi connectivity index (χ0n) is 10.8. The molecule has 0 aliphatic rings. The number of aryl methyl sites for hydroxylation is 1. The summed E-state index contributed by atoms with van der Waals surface area (Å²) in [5.74, 6) is 0.794. The fraction of sp³-hybridized carbons (Fsp3) is 0.200. The highest BCUT2D eigenvalue weighted by molar-refractivity contribution is 5.81. The second-order valence-corrected chi connectivity index (χ2v) is 4.31. The van der Waals surface area contributed by atoms with Crippen LogP contribution in [-0.2, 0) is 13.2 Å². The third-order valence-electron chi connectivity index (χ3n) is 3.07. The molecule has 0 unspecified atom stereocenters. The third-order valence-corrected chi connectivity index (χ3v) is 3.07. The Bertz CT molecular complexity index is 685. The Morgan fingerprint density at radius 2 is 2.11 bits per heavy atom. The fourth-order valence-corrected chi connectivity index (χ4v) is 2.03. The van der Waals surface area contributed by atoms with Crippen molar-refractivity contribution in [1.29, 1.82) is 0 Å². The van der Waals surface area contributed by atoms with Crippen molar-refractivity contribution in [2.24, 2.45) is 0 Å². The van der Waals surface area contributed by atoms with Gasteiger partial charge in [-0.05, 0) is 19.1 Å². The molecule has 0 saturated carbocycles. The zero-order chi connectivity index (χ0) is 13.1. The van der Waals surface area contributed by atoms with Crippen LogP contribution in [0.1, 0.15) is 12.5 Å². The maximum atomic E-state index is 5.77. The predicted octanol–water partition coefficient (Wildman–Crippen LogP) is 3.03. The van der Waals surface area contributed by atoms with Crippen LogP contribution < -0.4 is 4.74 Å². The minimum Gasteiger partial charge on any atom is -0.486 e. The van der Waals surface area contributed by atoms with Crippen molar-refractivity contribution in [2.45, 2.75) is 20.1 Å². The first-order chi connectivity index (χ1) is 9.36. The SMILES string of the molecule is CCn1cc(OCc2ccnc3ccccc23)cn1. The first-order valence-corrected chi connectivity index (χ1v) is 6.34. The van der Waals surface area contributed by atoms with Gasteiger partial charge in [-0.1, -0.05) is 18.2 Å². The number of hydrogen-bond acceptors (Lipinski definition) is 3. The normalized spacial score (nSPS) is 10.8. The van der Waals surface area contributed by atoms with Crippen LogP contribution in [-0.4, -0.2) is 14.8 Å². The van der Waals surface area contributed by atoms with E-state index in [1.165, 1.54) is 0 Å².